The highest BCUT2D eigenvalue weighted by Crippen LogP contribution is 2.33. The Morgan fingerprint density at radius 2 is 1.89 bits per heavy atom. The molecular formula is C17H24BN. The van der Waals surface area contributed by atoms with Crippen LogP contribution >= 0.6 is 0 Å². The van der Waals surface area contributed by atoms with Crippen molar-refractivity contribution in [3.05, 3.63) is 29.3 Å². The summed E-state index contributed by atoms with van der Waals surface area (Å²) in [7, 11) is 7.75. The van der Waals surface area contributed by atoms with Crippen LogP contribution in [0.5, 0.6) is 0 Å². The SMILES string of the molecule is C#CC.CC.[B]c1cccc(C(=NC)C2CC2)c1C. The number of terminal acetylenes is 1. The van der Waals surface area contributed by atoms with E-state index in [9.17, 15) is 0 Å². The van der Waals surface area contributed by atoms with Crippen molar-refractivity contribution >= 4 is 19.0 Å². The molecule has 0 atom stereocenters. The van der Waals surface area contributed by atoms with Gasteiger partial charge in [-0.05, 0) is 37.8 Å². The maximum absolute atomic E-state index is 5.88. The van der Waals surface area contributed by atoms with E-state index in [0.29, 0.717) is 5.92 Å². The van der Waals surface area contributed by atoms with Crippen molar-refractivity contribution in [3.8, 4) is 12.3 Å². The monoisotopic (exact) mass is 253 g/mol. The topological polar surface area (TPSA) is 12.4 Å². The fourth-order valence-electron chi connectivity index (χ4n) is 1.81. The number of aliphatic imine (C=N–C) groups is 1. The number of hydrogen-bond acceptors (Lipinski definition) is 1. The number of nitrogens with zero attached hydrogens (tertiary/aromatic N) is 1. The first-order valence-electron chi connectivity index (χ1n) is 6.85. The molecule has 2 radical (unpaired) electrons. The van der Waals surface area contributed by atoms with Gasteiger partial charge < -0.3 is 0 Å². The molecule has 0 aliphatic heterocycles. The molecule has 1 aliphatic carbocycles. The molecule has 0 spiro atoms. The van der Waals surface area contributed by atoms with Crippen molar-refractivity contribution in [3.63, 3.8) is 0 Å². The lowest BCUT2D eigenvalue weighted by Gasteiger charge is -2.10. The first kappa shape index (κ1) is 17.5. The van der Waals surface area contributed by atoms with E-state index in [1.165, 1.54) is 29.7 Å². The molecule has 1 aromatic rings. The van der Waals surface area contributed by atoms with Crippen LogP contribution in [0, 0.1) is 25.2 Å². The highest BCUT2D eigenvalue weighted by molar-refractivity contribution is 6.34. The summed E-state index contributed by atoms with van der Waals surface area (Å²) in [5, 5.41) is 0. The molecule has 0 unspecified atom stereocenters. The third kappa shape index (κ3) is 5.34. The minimum absolute atomic E-state index is 0.681. The number of hydrogen-bond donors (Lipinski definition) is 0. The summed E-state index contributed by atoms with van der Waals surface area (Å²) in [6.45, 7) is 7.72. The van der Waals surface area contributed by atoms with Crippen molar-refractivity contribution in [2.75, 3.05) is 7.05 Å². The van der Waals surface area contributed by atoms with E-state index in [0.717, 1.165) is 5.46 Å². The second-order valence-electron chi connectivity index (χ2n) is 4.19. The molecular weight excluding hydrogens is 229 g/mol. The lowest BCUT2D eigenvalue weighted by Crippen LogP contribution is -2.14. The molecule has 1 aromatic carbocycles. The number of rotatable bonds is 2. The maximum atomic E-state index is 5.88. The highest BCUT2D eigenvalue weighted by atomic mass is 14.7. The van der Waals surface area contributed by atoms with Crippen LogP contribution in [0.2, 0.25) is 0 Å². The van der Waals surface area contributed by atoms with E-state index in [1.54, 1.807) is 6.92 Å². The number of benzene rings is 1. The normalized spacial score (nSPS) is 13.4. The average Bonchev–Trinajstić information content (AvgIpc) is 3.23. The Kier molecular flexibility index (Phi) is 8.71. The van der Waals surface area contributed by atoms with Crippen LogP contribution in [0.1, 0.15) is 44.7 Å². The Labute approximate surface area is 119 Å². The lowest BCUT2D eigenvalue weighted by molar-refractivity contribution is 1.16. The van der Waals surface area contributed by atoms with Gasteiger partial charge in [0, 0.05) is 18.7 Å². The molecule has 0 N–H and O–H groups in total. The Morgan fingerprint density at radius 1 is 1.37 bits per heavy atom. The van der Waals surface area contributed by atoms with Gasteiger partial charge >= 0.3 is 0 Å². The summed E-state index contributed by atoms with van der Waals surface area (Å²) in [5.74, 6) is 2.93. The zero-order valence-corrected chi connectivity index (χ0v) is 12.8. The molecule has 2 rings (SSSR count). The average molecular weight is 253 g/mol. The van der Waals surface area contributed by atoms with Crippen molar-refractivity contribution in [1.29, 1.82) is 0 Å². The Balaban J connectivity index is 0.000000573. The van der Waals surface area contributed by atoms with Crippen molar-refractivity contribution in [2.45, 2.75) is 40.5 Å². The van der Waals surface area contributed by atoms with Gasteiger partial charge in [-0.25, -0.2) is 0 Å². The largest absolute Gasteiger partial charge is 0.292 e. The zero-order chi connectivity index (χ0) is 14.8. The summed E-state index contributed by atoms with van der Waals surface area (Å²) < 4.78 is 0. The third-order valence-corrected chi connectivity index (χ3v) is 2.86. The van der Waals surface area contributed by atoms with Crippen LogP contribution in [0.15, 0.2) is 23.2 Å². The first-order chi connectivity index (χ1) is 9.15. The van der Waals surface area contributed by atoms with Gasteiger partial charge in [0.25, 0.3) is 0 Å². The van der Waals surface area contributed by atoms with Gasteiger partial charge in [0.1, 0.15) is 7.85 Å². The van der Waals surface area contributed by atoms with Gasteiger partial charge in [-0.15, -0.1) is 12.3 Å². The molecule has 0 heterocycles. The van der Waals surface area contributed by atoms with Gasteiger partial charge in [-0.1, -0.05) is 37.5 Å². The Hall–Kier alpha value is -1.49. The van der Waals surface area contributed by atoms with E-state index in [1.807, 2.05) is 33.0 Å². The second kappa shape index (κ2) is 9.45. The van der Waals surface area contributed by atoms with Gasteiger partial charge in [-0.2, -0.15) is 0 Å². The van der Waals surface area contributed by atoms with Gasteiger partial charge in [-0.3, -0.25) is 4.99 Å². The van der Waals surface area contributed by atoms with Gasteiger partial charge in [0.15, 0.2) is 0 Å². The fourth-order valence-corrected chi connectivity index (χ4v) is 1.81. The summed E-state index contributed by atoms with van der Waals surface area (Å²) >= 11 is 0. The van der Waals surface area contributed by atoms with E-state index >= 15 is 0 Å². The molecule has 0 amide bonds. The van der Waals surface area contributed by atoms with Crippen LogP contribution in [0.25, 0.3) is 0 Å². The van der Waals surface area contributed by atoms with Crippen LogP contribution in [0.4, 0.5) is 0 Å². The summed E-state index contributed by atoms with van der Waals surface area (Å²) in [6, 6.07) is 6.07. The van der Waals surface area contributed by atoms with Crippen molar-refractivity contribution in [1.82, 2.24) is 0 Å². The minimum Gasteiger partial charge on any atom is -0.292 e. The van der Waals surface area contributed by atoms with Crippen LogP contribution in [0.3, 0.4) is 0 Å². The quantitative estimate of drug-likeness (QED) is 0.435. The van der Waals surface area contributed by atoms with Gasteiger partial charge in [0.05, 0.1) is 0 Å². The van der Waals surface area contributed by atoms with Crippen LogP contribution in [-0.2, 0) is 0 Å². The van der Waals surface area contributed by atoms with E-state index in [-0.39, 0.29) is 0 Å². The Bertz CT molecular complexity index is 451. The molecule has 0 aromatic heterocycles. The minimum atomic E-state index is 0.681. The Morgan fingerprint density at radius 3 is 2.32 bits per heavy atom. The van der Waals surface area contributed by atoms with Crippen molar-refractivity contribution in [2.24, 2.45) is 10.9 Å². The lowest BCUT2D eigenvalue weighted by atomic mass is 9.86. The molecule has 1 fully saturated rings. The maximum Gasteiger partial charge on any atom is 0.114 e. The standard InChI is InChI=1S/C12H14BN.C3H4.C2H6/c1-8-10(4-3-5-11(8)13)12(14-2)9-6-7-9;1-3-2;1-2/h3-5,9H,6-7H2,1-2H3;1H,2H3;1-2H3. The predicted octanol–water partition coefficient (Wildman–Crippen LogP) is 3.28. The molecule has 2 heteroatoms. The van der Waals surface area contributed by atoms with E-state index in [4.69, 9.17) is 7.85 Å². The molecule has 1 saturated carbocycles. The summed E-state index contributed by atoms with van der Waals surface area (Å²) in [6.07, 6.45) is 7.15. The molecule has 1 aliphatic rings. The summed E-state index contributed by atoms with van der Waals surface area (Å²) in [5.41, 5.74) is 4.49. The highest BCUT2D eigenvalue weighted by Gasteiger charge is 2.28. The smallest absolute Gasteiger partial charge is 0.114 e. The summed E-state index contributed by atoms with van der Waals surface area (Å²) in [4.78, 5) is 4.38. The van der Waals surface area contributed by atoms with Gasteiger partial charge in [0.2, 0.25) is 0 Å². The molecule has 1 nitrogen and oxygen atoms in total. The molecule has 0 bridgehead atoms. The van der Waals surface area contributed by atoms with Crippen molar-refractivity contribution < 1.29 is 0 Å². The van der Waals surface area contributed by atoms with E-state index < -0.39 is 0 Å². The molecule has 0 saturated heterocycles. The molecule has 100 valence electrons. The molecule has 19 heavy (non-hydrogen) atoms. The second-order valence-corrected chi connectivity index (χ2v) is 4.19. The first-order valence-corrected chi connectivity index (χ1v) is 6.85. The fraction of sp³-hybridized carbons (Fsp3) is 0.471. The van der Waals surface area contributed by atoms with Crippen LogP contribution < -0.4 is 5.46 Å². The van der Waals surface area contributed by atoms with E-state index in [2.05, 4.69) is 30.3 Å². The van der Waals surface area contributed by atoms with Crippen LogP contribution in [-0.4, -0.2) is 20.6 Å². The predicted molar refractivity (Wildman–Crippen MR) is 87.6 cm³/mol. The third-order valence-electron chi connectivity index (χ3n) is 2.86. The zero-order valence-electron chi connectivity index (χ0n) is 12.8.